The Bertz CT molecular complexity index is 946. The van der Waals surface area contributed by atoms with Crippen LogP contribution in [0, 0.1) is 0 Å². The monoisotopic (exact) mass is 428 g/mol. The van der Waals surface area contributed by atoms with Crippen LogP contribution in [0.5, 0.6) is 5.75 Å². The van der Waals surface area contributed by atoms with Gasteiger partial charge >= 0.3 is 0 Å². The SMILES string of the molecule is COc1ccccc1C(NC(=O)c1ccc(Cl)cc1)NC(=O)c1ccc(Cl)cc1. The van der Waals surface area contributed by atoms with Gasteiger partial charge in [-0.2, -0.15) is 0 Å². The van der Waals surface area contributed by atoms with Gasteiger partial charge in [-0.1, -0.05) is 41.4 Å². The van der Waals surface area contributed by atoms with Gasteiger partial charge in [0.2, 0.25) is 0 Å². The van der Waals surface area contributed by atoms with E-state index in [1.54, 1.807) is 72.8 Å². The molecule has 2 amide bonds. The van der Waals surface area contributed by atoms with E-state index < -0.39 is 6.17 Å². The van der Waals surface area contributed by atoms with E-state index in [0.29, 0.717) is 32.5 Å². The van der Waals surface area contributed by atoms with E-state index in [9.17, 15) is 9.59 Å². The Hall–Kier alpha value is -3.02. The summed E-state index contributed by atoms with van der Waals surface area (Å²) in [5.74, 6) is -0.201. The lowest BCUT2D eigenvalue weighted by atomic mass is 10.1. The Morgan fingerprint density at radius 2 is 1.21 bits per heavy atom. The summed E-state index contributed by atoms with van der Waals surface area (Å²) in [6.07, 6.45) is -0.822. The summed E-state index contributed by atoms with van der Waals surface area (Å²) in [5, 5.41) is 6.73. The lowest BCUT2D eigenvalue weighted by Gasteiger charge is -2.23. The maximum absolute atomic E-state index is 12.7. The third-order valence-electron chi connectivity index (χ3n) is 4.21. The third-order valence-corrected chi connectivity index (χ3v) is 4.72. The van der Waals surface area contributed by atoms with Crippen molar-refractivity contribution in [3.63, 3.8) is 0 Å². The van der Waals surface area contributed by atoms with Gasteiger partial charge in [0.25, 0.3) is 11.8 Å². The van der Waals surface area contributed by atoms with Crippen molar-refractivity contribution in [1.82, 2.24) is 10.6 Å². The van der Waals surface area contributed by atoms with Gasteiger partial charge in [0, 0.05) is 26.7 Å². The molecule has 0 unspecified atom stereocenters. The van der Waals surface area contributed by atoms with Crippen LogP contribution in [0.3, 0.4) is 0 Å². The predicted octanol–water partition coefficient (Wildman–Crippen LogP) is 4.86. The van der Waals surface area contributed by atoms with Gasteiger partial charge in [0.15, 0.2) is 0 Å². The first-order valence-corrected chi connectivity index (χ1v) is 9.49. The topological polar surface area (TPSA) is 67.4 Å². The Morgan fingerprint density at radius 3 is 1.66 bits per heavy atom. The second-order valence-electron chi connectivity index (χ2n) is 6.14. The number of ether oxygens (including phenoxy) is 1. The zero-order valence-corrected chi connectivity index (χ0v) is 17.0. The van der Waals surface area contributed by atoms with Crippen molar-refractivity contribution in [3.05, 3.63) is 99.5 Å². The molecule has 7 heteroatoms. The van der Waals surface area contributed by atoms with Gasteiger partial charge < -0.3 is 15.4 Å². The Labute approximate surface area is 178 Å². The van der Waals surface area contributed by atoms with Crippen molar-refractivity contribution in [2.75, 3.05) is 7.11 Å². The van der Waals surface area contributed by atoms with Crippen molar-refractivity contribution < 1.29 is 14.3 Å². The van der Waals surface area contributed by atoms with Gasteiger partial charge in [-0.05, 0) is 54.6 Å². The van der Waals surface area contributed by atoms with Crippen molar-refractivity contribution >= 4 is 35.0 Å². The van der Waals surface area contributed by atoms with Crippen LogP contribution in [0.2, 0.25) is 10.0 Å². The van der Waals surface area contributed by atoms with Gasteiger partial charge in [0.1, 0.15) is 11.9 Å². The number of halogens is 2. The number of nitrogens with one attached hydrogen (secondary N) is 2. The number of rotatable bonds is 6. The Balaban J connectivity index is 1.88. The summed E-state index contributed by atoms with van der Waals surface area (Å²) < 4.78 is 5.39. The van der Waals surface area contributed by atoms with Gasteiger partial charge in [-0.3, -0.25) is 9.59 Å². The highest BCUT2D eigenvalue weighted by molar-refractivity contribution is 6.31. The average Bonchev–Trinajstić information content (AvgIpc) is 2.74. The molecule has 3 aromatic carbocycles. The van der Waals surface area contributed by atoms with Crippen molar-refractivity contribution in [1.29, 1.82) is 0 Å². The molecule has 0 atom stereocenters. The summed E-state index contributed by atoms with van der Waals surface area (Å²) >= 11 is 11.8. The van der Waals surface area contributed by atoms with Crippen LogP contribution >= 0.6 is 23.2 Å². The van der Waals surface area contributed by atoms with Gasteiger partial charge in [-0.15, -0.1) is 0 Å². The van der Waals surface area contributed by atoms with E-state index >= 15 is 0 Å². The second kappa shape index (κ2) is 9.45. The zero-order chi connectivity index (χ0) is 20.8. The second-order valence-corrected chi connectivity index (χ2v) is 7.01. The van der Waals surface area contributed by atoms with E-state index in [1.807, 2.05) is 0 Å². The predicted molar refractivity (Wildman–Crippen MR) is 114 cm³/mol. The number of methoxy groups -OCH3 is 1. The minimum Gasteiger partial charge on any atom is -0.496 e. The maximum atomic E-state index is 12.7. The molecule has 0 spiro atoms. The lowest BCUT2D eigenvalue weighted by Crippen LogP contribution is -2.41. The molecule has 29 heavy (non-hydrogen) atoms. The summed E-state index contributed by atoms with van der Waals surface area (Å²) in [4.78, 5) is 25.5. The molecule has 0 saturated carbocycles. The molecule has 5 nitrogen and oxygen atoms in total. The first-order valence-electron chi connectivity index (χ1n) is 8.73. The summed E-state index contributed by atoms with van der Waals surface area (Å²) in [6, 6.07) is 20.1. The number of hydrogen-bond donors (Lipinski definition) is 2. The van der Waals surface area contributed by atoms with Crippen molar-refractivity contribution in [3.8, 4) is 5.75 Å². The first-order chi connectivity index (χ1) is 14.0. The normalized spacial score (nSPS) is 10.5. The number of hydrogen-bond acceptors (Lipinski definition) is 3. The smallest absolute Gasteiger partial charge is 0.253 e. The first kappa shape index (κ1) is 20.7. The molecule has 3 aromatic rings. The Morgan fingerprint density at radius 1 is 0.759 bits per heavy atom. The molecule has 0 fully saturated rings. The largest absolute Gasteiger partial charge is 0.496 e. The Kier molecular flexibility index (Phi) is 6.75. The zero-order valence-electron chi connectivity index (χ0n) is 15.5. The molecule has 0 aliphatic rings. The van der Waals surface area contributed by atoms with E-state index in [4.69, 9.17) is 27.9 Å². The molecule has 0 aromatic heterocycles. The maximum Gasteiger partial charge on any atom is 0.253 e. The quantitative estimate of drug-likeness (QED) is 0.550. The fourth-order valence-corrected chi connectivity index (χ4v) is 2.98. The fraction of sp³-hybridized carbons (Fsp3) is 0.0909. The molecule has 0 bridgehead atoms. The van der Waals surface area contributed by atoms with Crippen LogP contribution in [0.1, 0.15) is 32.4 Å². The lowest BCUT2D eigenvalue weighted by molar-refractivity contribution is 0.0882. The van der Waals surface area contributed by atoms with E-state index in [1.165, 1.54) is 7.11 Å². The van der Waals surface area contributed by atoms with Crippen LogP contribution in [0.15, 0.2) is 72.8 Å². The van der Waals surface area contributed by atoms with Crippen LogP contribution in [-0.2, 0) is 0 Å². The van der Waals surface area contributed by atoms with E-state index in [0.717, 1.165) is 0 Å². The molecule has 148 valence electrons. The third kappa shape index (κ3) is 5.28. The molecule has 0 heterocycles. The molecule has 0 radical (unpaired) electrons. The van der Waals surface area contributed by atoms with Crippen molar-refractivity contribution in [2.24, 2.45) is 0 Å². The number of carbonyl (C=O) groups excluding carboxylic acids is 2. The van der Waals surface area contributed by atoms with E-state index in [2.05, 4.69) is 10.6 Å². The summed E-state index contributed by atoms with van der Waals surface area (Å²) in [5.41, 5.74) is 1.43. The molecule has 0 aliphatic carbocycles. The summed E-state index contributed by atoms with van der Waals surface area (Å²) in [6.45, 7) is 0. The highest BCUT2D eigenvalue weighted by Crippen LogP contribution is 2.24. The number of carbonyl (C=O) groups is 2. The number of amides is 2. The van der Waals surface area contributed by atoms with Crippen LogP contribution in [0.25, 0.3) is 0 Å². The summed E-state index contributed by atoms with van der Waals surface area (Å²) in [7, 11) is 1.53. The van der Waals surface area contributed by atoms with Gasteiger partial charge in [0.05, 0.1) is 7.11 Å². The van der Waals surface area contributed by atoms with Gasteiger partial charge in [-0.25, -0.2) is 0 Å². The molecule has 2 N–H and O–H groups in total. The molecule has 3 rings (SSSR count). The van der Waals surface area contributed by atoms with Crippen LogP contribution in [0.4, 0.5) is 0 Å². The molecular formula is C22H18Cl2N2O3. The van der Waals surface area contributed by atoms with E-state index in [-0.39, 0.29) is 11.8 Å². The van der Waals surface area contributed by atoms with Crippen LogP contribution in [-0.4, -0.2) is 18.9 Å². The van der Waals surface area contributed by atoms with Crippen molar-refractivity contribution in [2.45, 2.75) is 6.17 Å². The molecule has 0 aliphatic heterocycles. The molecule has 0 saturated heterocycles. The number of benzene rings is 3. The van der Waals surface area contributed by atoms with Crippen LogP contribution < -0.4 is 15.4 Å². The minimum absolute atomic E-state index is 0.367. The number of para-hydroxylation sites is 1. The highest BCUT2D eigenvalue weighted by atomic mass is 35.5. The highest BCUT2D eigenvalue weighted by Gasteiger charge is 2.22. The average molecular weight is 429 g/mol. The standard InChI is InChI=1S/C22H18Cl2N2O3/c1-29-19-5-3-2-4-18(19)20(25-21(27)14-6-10-16(23)11-7-14)26-22(28)15-8-12-17(24)13-9-15/h2-13,20H,1H3,(H,25,27)(H,26,28). The fourth-order valence-electron chi connectivity index (χ4n) is 2.73. The molecular weight excluding hydrogens is 411 g/mol. The minimum atomic E-state index is -0.822.